The molecule has 2 bridgehead atoms. The van der Waals surface area contributed by atoms with Gasteiger partial charge in [0.25, 0.3) is 0 Å². The van der Waals surface area contributed by atoms with Crippen molar-refractivity contribution in [2.75, 3.05) is 0 Å². The number of hydrogen-bond donors (Lipinski definition) is 0. The summed E-state index contributed by atoms with van der Waals surface area (Å²) in [6.45, 7) is 13.0. The van der Waals surface area contributed by atoms with Gasteiger partial charge in [-0.25, -0.2) is 9.59 Å². The van der Waals surface area contributed by atoms with E-state index in [0.29, 0.717) is 24.0 Å². The topological polar surface area (TPSA) is 52.6 Å². The number of carbonyl (C=O) groups is 2. The van der Waals surface area contributed by atoms with Crippen molar-refractivity contribution in [3.8, 4) is 0 Å². The number of allylic oxidation sites excluding steroid dienone is 4. The van der Waals surface area contributed by atoms with E-state index in [-0.39, 0.29) is 29.2 Å². The smallest absolute Gasteiger partial charge is 0.335 e. The first-order valence-corrected chi connectivity index (χ1v) is 15.6. The zero-order chi connectivity index (χ0) is 28.3. The number of carbonyl (C=O) groups excluding carboxylic acids is 2. The monoisotopic (exact) mass is 534 g/mol. The fraction of sp³-hybridized carbons (Fsp3) is 0.657. The van der Waals surface area contributed by atoms with Crippen LogP contribution in [0.1, 0.15) is 119 Å². The SMILES string of the molecule is CCCC1=CC(CCC)(OC(=O)C2=C(C(=O)OC3(CCC)C=C(CCC)C=CC3)C3CCC2C3(C)C)CC=C1. The lowest BCUT2D eigenvalue weighted by Gasteiger charge is -2.35. The van der Waals surface area contributed by atoms with Gasteiger partial charge in [-0.05, 0) is 79.1 Å². The fourth-order valence-electron chi connectivity index (χ4n) is 7.75. The normalized spacial score (nSPS) is 30.8. The van der Waals surface area contributed by atoms with Crippen LogP contribution < -0.4 is 0 Å². The molecule has 0 heterocycles. The Hall–Kier alpha value is -2.36. The number of esters is 2. The lowest BCUT2D eigenvalue weighted by Crippen LogP contribution is -2.37. The van der Waals surface area contributed by atoms with E-state index in [1.807, 2.05) is 0 Å². The van der Waals surface area contributed by atoms with Gasteiger partial charge in [0.1, 0.15) is 11.2 Å². The Bertz CT molecular complexity index is 1020. The predicted octanol–water partition coefficient (Wildman–Crippen LogP) is 8.89. The molecule has 1 saturated carbocycles. The Labute approximate surface area is 236 Å². The van der Waals surface area contributed by atoms with Gasteiger partial charge in [-0.3, -0.25) is 0 Å². The molecule has 214 valence electrons. The molecule has 0 radical (unpaired) electrons. The molecule has 0 aliphatic heterocycles. The van der Waals surface area contributed by atoms with E-state index in [9.17, 15) is 9.59 Å². The fourth-order valence-corrected chi connectivity index (χ4v) is 7.75. The van der Waals surface area contributed by atoms with Crippen molar-refractivity contribution in [2.45, 2.75) is 130 Å². The molecule has 4 aliphatic rings. The van der Waals surface area contributed by atoms with Crippen molar-refractivity contribution in [2.24, 2.45) is 17.3 Å². The maximum absolute atomic E-state index is 14.1. The van der Waals surface area contributed by atoms with Crippen molar-refractivity contribution in [3.63, 3.8) is 0 Å². The molecule has 39 heavy (non-hydrogen) atoms. The summed E-state index contributed by atoms with van der Waals surface area (Å²) in [5.41, 5.74) is 2.19. The van der Waals surface area contributed by atoms with Gasteiger partial charge in [0.15, 0.2) is 0 Å². The minimum atomic E-state index is -0.644. The van der Waals surface area contributed by atoms with E-state index in [0.717, 1.165) is 64.2 Å². The number of ether oxygens (including phenoxy) is 2. The van der Waals surface area contributed by atoms with E-state index in [1.54, 1.807) is 0 Å². The molecule has 0 aromatic rings. The molecular formula is C35H50O4. The first-order chi connectivity index (χ1) is 18.6. The molecule has 1 fully saturated rings. The quantitative estimate of drug-likeness (QED) is 0.235. The van der Waals surface area contributed by atoms with Crippen LogP contribution in [0.4, 0.5) is 0 Å². The van der Waals surface area contributed by atoms with Crippen LogP contribution in [0.15, 0.2) is 58.7 Å². The molecule has 0 N–H and O–H groups in total. The van der Waals surface area contributed by atoms with Crippen LogP contribution in [-0.4, -0.2) is 23.1 Å². The molecule has 0 amide bonds. The minimum Gasteiger partial charge on any atom is -0.451 e. The second-order valence-corrected chi connectivity index (χ2v) is 12.9. The average Bonchev–Trinajstić information content (AvgIpc) is 3.29. The Balaban J connectivity index is 1.68. The molecule has 4 aliphatic carbocycles. The summed E-state index contributed by atoms with van der Waals surface area (Å²) in [6, 6.07) is 0. The Morgan fingerprint density at radius 2 is 1.13 bits per heavy atom. The predicted molar refractivity (Wildman–Crippen MR) is 158 cm³/mol. The van der Waals surface area contributed by atoms with Gasteiger partial charge in [-0.1, -0.05) is 91.5 Å². The van der Waals surface area contributed by atoms with E-state index in [2.05, 4.69) is 78.0 Å². The van der Waals surface area contributed by atoms with Crippen LogP contribution in [0.25, 0.3) is 0 Å². The van der Waals surface area contributed by atoms with Crippen molar-refractivity contribution in [1.82, 2.24) is 0 Å². The summed E-state index contributed by atoms with van der Waals surface area (Å²) in [4.78, 5) is 28.2. The molecule has 0 aromatic heterocycles. The highest BCUT2D eigenvalue weighted by atomic mass is 16.6. The maximum Gasteiger partial charge on any atom is 0.335 e. The maximum atomic E-state index is 14.1. The summed E-state index contributed by atoms with van der Waals surface area (Å²) < 4.78 is 12.9. The largest absolute Gasteiger partial charge is 0.451 e. The first kappa shape index (κ1) is 29.6. The van der Waals surface area contributed by atoms with E-state index in [4.69, 9.17) is 9.47 Å². The Kier molecular flexibility index (Phi) is 9.13. The number of fused-ring (bicyclic) bond motifs is 2. The van der Waals surface area contributed by atoms with Crippen LogP contribution in [-0.2, 0) is 19.1 Å². The van der Waals surface area contributed by atoms with Crippen LogP contribution in [0, 0.1) is 17.3 Å². The third-order valence-electron chi connectivity index (χ3n) is 9.47. The van der Waals surface area contributed by atoms with E-state index in [1.165, 1.54) is 11.1 Å². The lowest BCUT2D eigenvalue weighted by atomic mass is 9.78. The van der Waals surface area contributed by atoms with Crippen molar-refractivity contribution in [1.29, 1.82) is 0 Å². The van der Waals surface area contributed by atoms with Gasteiger partial charge in [0.05, 0.1) is 11.1 Å². The van der Waals surface area contributed by atoms with Crippen LogP contribution in [0.2, 0.25) is 0 Å². The summed E-state index contributed by atoms with van der Waals surface area (Å²) in [5, 5.41) is 0. The van der Waals surface area contributed by atoms with Gasteiger partial charge in [0.2, 0.25) is 0 Å². The summed E-state index contributed by atoms with van der Waals surface area (Å²) in [5.74, 6) is -0.579. The van der Waals surface area contributed by atoms with Gasteiger partial charge in [0, 0.05) is 12.8 Å². The molecule has 4 rings (SSSR count). The molecule has 4 atom stereocenters. The molecule has 4 heteroatoms. The van der Waals surface area contributed by atoms with E-state index >= 15 is 0 Å². The highest BCUT2D eigenvalue weighted by Crippen LogP contribution is 2.61. The molecular weight excluding hydrogens is 484 g/mol. The van der Waals surface area contributed by atoms with Crippen LogP contribution in [0.5, 0.6) is 0 Å². The van der Waals surface area contributed by atoms with Crippen LogP contribution in [0.3, 0.4) is 0 Å². The third-order valence-corrected chi connectivity index (χ3v) is 9.47. The molecule has 0 saturated heterocycles. The van der Waals surface area contributed by atoms with Crippen LogP contribution >= 0.6 is 0 Å². The van der Waals surface area contributed by atoms with Crippen molar-refractivity contribution >= 4 is 11.9 Å². The number of hydrogen-bond acceptors (Lipinski definition) is 4. The Morgan fingerprint density at radius 3 is 1.49 bits per heavy atom. The van der Waals surface area contributed by atoms with Crippen molar-refractivity contribution < 1.29 is 19.1 Å². The summed E-state index contributed by atoms with van der Waals surface area (Å²) in [7, 11) is 0. The lowest BCUT2D eigenvalue weighted by molar-refractivity contribution is -0.155. The zero-order valence-electron chi connectivity index (χ0n) is 25.2. The second kappa shape index (κ2) is 12.0. The number of rotatable bonds is 12. The van der Waals surface area contributed by atoms with Gasteiger partial charge in [-0.15, -0.1) is 0 Å². The van der Waals surface area contributed by atoms with Gasteiger partial charge in [-0.2, -0.15) is 0 Å². The standard InChI is InChI=1S/C35H50O4/c1-7-13-25-15-11-21-34(23-25,19-9-3)38-31(36)29-27-17-18-28(33(27,5)6)30(29)32(37)39-35(20-10-4)22-12-16-26(24-35)14-8-2/h11-12,15-16,23-24,27-28H,7-10,13-14,17-22H2,1-6H3. The highest BCUT2D eigenvalue weighted by molar-refractivity contribution is 6.03. The summed E-state index contributed by atoms with van der Waals surface area (Å²) in [6.07, 6.45) is 23.6. The molecule has 4 nitrogen and oxygen atoms in total. The molecule has 0 spiro atoms. The zero-order valence-corrected chi connectivity index (χ0v) is 25.2. The highest BCUT2D eigenvalue weighted by Gasteiger charge is 2.58. The minimum absolute atomic E-state index is 0.0222. The second-order valence-electron chi connectivity index (χ2n) is 12.9. The molecule has 4 unspecified atom stereocenters. The van der Waals surface area contributed by atoms with Gasteiger partial charge < -0.3 is 9.47 Å². The summed E-state index contributed by atoms with van der Waals surface area (Å²) >= 11 is 0. The van der Waals surface area contributed by atoms with Crippen molar-refractivity contribution in [3.05, 3.63) is 58.7 Å². The first-order valence-electron chi connectivity index (χ1n) is 15.6. The average molecular weight is 535 g/mol. The van der Waals surface area contributed by atoms with Gasteiger partial charge >= 0.3 is 11.9 Å². The third kappa shape index (κ3) is 5.91. The Morgan fingerprint density at radius 1 is 0.718 bits per heavy atom. The van der Waals surface area contributed by atoms with E-state index < -0.39 is 11.2 Å². The molecule has 0 aromatic carbocycles.